The number of amides is 1. The topological polar surface area (TPSA) is 75.7 Å². The highest BCUT2D eigenvalue weighted by atomic mass is 32.2. The largest absolute Gasteiger partial charge is 0.494 e. The molecule has 0 aliphatic heterocycles. The SMILES string of the molecule is CCOc1ccc([C@H](C)NC(=O)CN(c2cc(C)cc(C)c2)S(=O)(=O)c2ccc(C)cc2)cc1. The molecule has 1 N–H and O–H groups in total. The third-order valence-electron chi connectivity index (χ3n) is 5.46. The predicted octanol–water partition coefficient (Wildman–Crippen LogP) is 5.08. The van der Waals surface area contributed by atoms with Crippen molar-refractivity contribution in [2.45, 2.75) is 45.6 Å². The fourth-order valence-electron chi connectivity index (χ4n) is 3.77. The fourth-order valence-corrected chi connectivity index (χ4v) is 5.17. The lowest BCUT2D eigenvalue weighted by molar-refractivity contribution is -0.120. The van der Waals surface area contributed by atoms with Gasteiger partial charge in [-0.1, -0.05) is 35.9 Å². The molecule has 7 heteroatoms. The molecule has 0 radical (unpaired) electrons. The summed E-state index contributed by atoms with van der Waals surface area (Å²) in [7, 11) is -3.96. The van der Waals surface area contributed by atoms with E-state index in [0.717, 1.165) is 28.0 Å². The minimum absolute atomic E-state index is 0.143. The Bertz CT molecular complexity index is 1220. The summed E-state index contributed by atoms with van der Waals surface area (Å²) in [6.07, 6.45) is 0. The summed E-state index contributed by atoms with van der Waals surface area (Å²) in [4.78, 5) is 13.2. The van der Waals surface area contributed by atoms with Gasteiger partial charge in [0.1, 0.15) is 12.3 Å². The summed E-state index contributed by atoms with van der Waals surface area (Å²) in [5.74, 6) is 0.367. The Hall–Kier alpha value is -3.32. The van der Waals surface area contributed by atoms with Crippen molar-refractivity contribution in [3.8, 4) is 5.75 Å². The van der Waals surface area contributed by atoms with Crippen LogP contribution in [0, 0.1) is 20.8 Å². The Labute approximate surface area is 202 Å². The van der Waals surface area contributed by atoms with Crippen LogP contribution in [-0.2, 0) is 14.8 Å². The zero-order valence-corrected chi connectivity index (χ0v) is 21.1. The molecule has 0 bridgehead atoms. The lowest BCUT2D eigenvalue weighted by Crippen LogP contribution is -2.41. The summed E-state index contributed by atoms with van der Waals surface area (Å²) in [6, 6.07) is 19.4. The summed E-state index contributed by atoms with van der Waals surface area (Å²) in [6.45, 7) is 9.73. The van der Waals surface area contributed by atoms with E-state index >= 15 is 0 Å². The number of carbonyl (C=O) groups excluding carboxylic acids is 1. The molecule has 0 unspecified atom stereocenters. The Kier molecular flexibility index (Phi) is 7.99. The number of ether oxygens (including phenoxy) is 1. The molecule has 180 valence electrons. The molecule has 0 aromatic heterocycles. The molecular weight excluding hydrogens is 448 g/mol. The second-order valence-electron chi connectivity index (χ2n) is 8.46. The lowest BCUT2D eigenvalue weighted by atomic mass is 10.1. The van der Waals surface area contributed by atoms with Gasteiger partial charge < -0.3 is 10.1 Å². The number of sulfonamides is 1. The summed E-state index contributed by atoms with van der Waals surface area (Å²) in [5, 5.41) is 2.92. The first-order valence-corrected chi connectivity index (χ1v) is 12.7. The van der Waals surface area contributed by atoms with Crippen LogP contribution in [0.2, 0.25) is 0 Å². The van der Waals surface area contributed by atoms with E-state index in [4.69, 9.17) is 4.74 Å². The van der Waals surface area contributed by atoms with Gasteiger partial charge in [0.05, 0.1) is 23.2 Å². The van der Waals surface area contributed by atoms with Crippen molar-refractivity contribution in [3.63, 3.8) is 0 Å². The van der Waals surface area contributed by atoms with Gasteiger partial charge in [-0.25, -0.2) is 8.42 Å². The number of anilines is 1. The van der Waals surface area contributed by atoms with Crippen molar-refractivity contribution in [2.75, 3.05) is 17.5 Å². The van der Waals surface area contributed by atoms with Crippen molar-refractivity contribution in [1.29, 1.82) is 0 Å². The molecule has 0 aliphatic carbocycles. The number of aryl methyl sites for hydroxylation is 3. The van der Waals surface area contributed by atoms with Crippen molar-refractivity contribution < 1.29 is 17.9 Å². The fraction of sp³-hybridized carbons (Fsp3) is 0.296. The van der Waals surface area contributed by atoms with E-state index in [9.17, 15) is 13.2 Å². The monoisotopic (exact) mass is 480 g/mol. The van der Waals surface area contributed by atoms with Gasteiger partial charge in [-0.3, -0.25) is 9.10 Å². The highest BCUT2D eigenvalue weighted by Gasteiger charge is 2.28. The van der Waals surface area contributed by atoms with Crippen LogP contribution in [0.1, 0.15) is 42.1 Å². The summed E-state index contributed by atoms with van der Waals surface area (Å²) < 4.78 is 33.8. The third-order valence-corrected chi connectivity index (χ3v) is 7.25. The Balaban J connectivity index is 1.87. The number of hydrogen-bond acceptors (Lipinski definition) is 4. The minimum atomic E-state index is -3.96. The van der Waals surface area contributed by atoms with Gasteiger partial charge in [0.2, 0.25) is 5.91 Å². The maximum atomic E-state index is 13.6. The second kappa shape index (κ2) is 10.7. The molecule has 1 atom stereocenters. The highest BCUT2D eigenvalue weighted by molar-refractivity contribution is 7.92. The highest BCUT2D eigenvalue weighted by Crippen LogP contribution is 2.26. The van der Waals surface area contributed by atoms with Gasteiger partial charge in [0, 0.05) is 0 Å². The van der Waals surface area contributed by atoms with Gasteiger partial charge in [-0.05, 0) is 87.7 Å². The smallest absolute Gasteiger partial charge is 0.264 e. The number of benzene rings is 3. The number of rotatable bonds is 9. The summed E-state index contributed by atoms with van der Waals surface area (Å²) >= 11 is 0. The van der Waals surface area contributed by atoms with E-state index in [1.54, 1.807) is 36.4 Å². The van der Waals surface area contributed by atoms with Gasteiger partial charge >= 0.3 is 0 Å². The second-order valence-corrected chi connectivity index (χ2v) is 10.3. The molecule has 34 heavy (non-hydrogen) atoms. The lowest BCUT2D eigenvalue weighted by Gasteiger charge is -2.26. The Morgan fingerprint density at radius 2 is 1.50 bits per heavy atom. The molecule has 0 saturated heterocycles. The van der Waals surface area contributed by atoms with Crippen LogP contribution >= 0.6 is 0 Å². The number of nitrogens with zero attached hydrogens (tertiary/aromatic N) is 1. The molecule has 3 aromatic rings. The Morgan fingerprint density at radius 3 is 2.06 bits per heavy atom. The van der Waals surface area contributed by atoms with Crippen LogP contribution in [0.5, 0.6) is 5.75 Å². The number of nitrogens with one attached hydrogen (secondary N) is 1. The van der Waals surface area contributed by atoms with E-state index in [1.165, 1.54) is 4.31 Å². The molecule has 3 rings (SSSR count). The molecule has 0 fully saturated rings. The first-order valence-electron chi connectivity index (χ1n) is 11.3. The zero-order chi connectivity index (χ0) is 24.9. The van der Waals surface area contributed by atoms with Gasteiger partial charge in [-0.15, -0.1) is 0 Å². The molecular formula is C27H32N2O4S. The molecule has 0 heterocycles. The molecule has 0 spiro atoms. The number of hydrogen-bond donors (Lipinski definition) is 1. The van der Waals surface area contributed by atoms with Crippen molar-refractivity contribution in [2.24, 2.45) is 0 Å². The van der Waals surface area contributed by atoms with E-state index in [1.807, 2.05) is 65.0 Å². The van der Waals surface area contributed by atoms with Crippen LogP contribution in [-0.4, -0.2) is 27.5 Å². The molecule has 3 aromatic carbocycles. The number of carbonyl (C=O) groups is 1. The van der Waals surface area contributed by atoms with Crippen LogP contribution in [0.4, 0.5) is 5.69 Å². The average molecular weight is 481 g/mol. The minimum Gasteiger partial charge on any atom is -0.494 e. The standard InChI is InChI=1S/C27H32N2O4S/c1-6-33-25-11-9-23(10-12-25)22(5)28-27(30)18-29(24-16-20(3)15-21(4)17-24)34(31,32)26-13-7-19(2)8-14-26/h7-17,22H,6,18H2,1-5H3,(H,28,30)/t22-/m0/s1. The van der Waals surface area contributed by atoms with E-state index in [0.29, 0.717) is 12.3 Å². The molecule has 1 amide bonds. The van der Waals surface area contributed by atoms with E-state index in [2.05, 4.69) is 5.32 Å². The molecule has 6 nitrogen and oxygen atoms in total. The summed E-state index contributed by atoms with van der Waals surface area (Å²) in [5.41, 5.74) is 4.15. The van der Waals surface area contributed by atoms with Gasteiger partial charge in [-0.2, -0.15) is 0 Å². The third kappa shape index (κ3) is 6.17. The van der Waals surface area contributed by atoms with Crippen molar-refractivity contribution in [3.05, 3.63) is 89.0 Å². The quantitative estimate of drug-likeness (QED) is 0.463. The van der Waals surface area contributed by atoms with Gasteiger partial charge in [0.15, 0.2) is 0 Å². The van der Waals surface area contributed by atoms with Crippen LogP contribution < -0.4 is 14.4 Å². The van der Waals surface area contributed by atoms with E-state index in [-0.39, 0.29) is 17.5 Å². The zero-order valence-electron chi connectivity index (χ0n) is 20.3. The molecule has 0 saturated carbocycles. The normalized spacial score (nSPS) is 12.1. The Morgan fingerprint density at radius 1 is 0.912 bits per heavy atom. The van der Waals surface area contributed by atoms with E-state index < -0.39 is 15.9 Å². The predicted molar refractivity (Wildman–Crippen MR) is 136 cm³/mol. The maximum absolute atomic E-state index is 13.6. The first kappa shape index (κ1) is 25.3. The average Bonchev–Trinajstić information content (AvgIpc) is 2.77. The van der Waals surface area contributed by atoms with Crippen molar-refractivity contribution >= 4 is 21.6 Å². The van der Waals surface area contributed by atoms with Crippen LogP contribution in [0.3, 0.4) is 0 Å². The van der Waals surface area contributed by atoms with Gasteiger partial charge in [0.25, 0.3) is 10.0 Å². The van der Waals surface area contributed by atoms with Crippen LogP contribution in [0.25, 0.3) is 0 Å². The first-order chi connectivity index (χ1) is 16.1. The van der Waals surface area contributed by atoms with Crippen molar-refractivity contribution in [1.82, 2.24) is 5.32 Å². The molecule has 0 aliphatic rings. The van der Waals surface area contributed by atoms with Crippen LogP contribution in [0.15, 0.2) is 71.6 Å². The maximum Gasteiger partial charge on any atom is 0.264 e.